The molecule has 0 aromatic heterocycles. The van der Waals surface area contributed by atoms with Crippen LogP contribution in [0.5, 0.6) is 5.75 Å². The Balaban J connectivity index is 1.47. The van der Waals surface area contributed by atoms with E-state index in [4.69, 9.17) is 21.1 Å². The number of nitrogens with one attached hydrogen (secondary N) is 1. The van der Waals surface area contributed by atoms with Gasteiger partial charge < -0.3 is 14.8 Å². The fraction of sp³-hybridized carbons (Fsp3) is 0.391. The van der Waals surface area contributed by atoms with E-state index in [9.17, 15) is 0 Å². The van der Waals surface area contributed by atoms with E-state index < -0.39 is 0 Å². The third-order valence-electron chi connectivity index (χ3n) is 6.02. The van der Waals surface area contributed by atoms with Gasteiger partial charge in [-0.15, -0.1) is 0 Å². The minimum atomic E-state index is 0.215. The predicted molar refractivity (Wildman–Crippen MR) is 109 cm³/mol. The van der Waals surface area contributed by atoms with Crippen LogP contribution < -0.4 is 10.1 Å². The highest BCUT2D eigenvalue weighted by Crippen LogP contribution is 2.52. The van der Waals surface area contributed by atoms with Crippen molar-refractivity contribution in [3.8, 4) is 5.75 Å². The molecule has 0 radical (unpaired) electrons. The van der Waals surface area contributed by atoms with E-state index >= 15 is 0 Å². The number of ether oxygens (including phenoxy) is 2. The SMILES string of the molecule is Clc1cccc(C2Nc3c(OCC4CCCO4)cccc3C3C=CCC32)c1. The van der Waals surface area contributed by atoms with Crippen molar-refractivity contribution in [3.63, 3.8) is 0 Å². The number of benzene rings is 2. The van der Waals surface area contributed by atoms with Gasteiger partial charge >= 0.3 is 0 Å². The summed E-state index contributed by atoms with van der Waals surface area (Å²) in [6.07, 6.45) is 8.17. The van der Waals surface area contributed by atoms with Gasteiger partial charge in [-0.1, -0.05) is 48.0 Å². The van der Waals surface area contributed by atoms with E-state index in [2.05, 4.69) is 47.8 Å². The Hall–Kier alpha value is -1.97. The van der Waals surface area contributed by atoms with Crippen LogP contribution in [0.4, 0.5) is 5.69 Å². The fourth-order valence-electron chi connectivity index (χ4n) is 4.70. The first-order chi connectivity index (χ1) is 13.3. The fourth-order valence-corrected chi connectivity index (χ4v) is 4.90. The maximum atomic E-state index is 6.28. The van der Waals surface area contributed by atoms with Crippen LogP contribution in [0.15, 0.2) is 54.6 Å². The third kappa shape index (κ3) is 3.24. The zero-order valence-corrected chi connectivity index (χ0v) is 16.0. The van der Waals surface area contributed by atoms with Crippen molar-refractivity contribution in [2.75, 3.05) is 18.5 Å². The summed E-state index contributed by atoms with van der Waals surface area (Å²) in [4.78, 5) is 0. The number of allylic oxidation sites excluding steroid dienone is 2. The van der Waals surface area contributed by atoms with E-state index in [-0.39, 0.29) is 12.1 Å². The molecule has 0 spiro atoms. The zero-order chi connectivity index (χ0) is 18.2. The first-order valence-corrected chi connectivity index (χ1v) is 10.2. The van der Waals surface area contributed by atoms with Crippen LogP contribution >= 0.6 is 11.6 Å². The third-order valence-corrected chi connectivity index (χ3v) is 6.25. The number of hydrogen-bond acceptors (Lipinski definition) is 3. The Labute approximate surface area is 165 Å². The highest BCUT2D eigenvalue weighted by atomic mass is 35.5. The Morgan fingerprint density at radius 1 is 1.19 bits per heavy atom. The monoisotopic (exact) mass is 381 g/mol. The first kappa shape index (κ1) is 17.2. The maximum absolute atomic E-state index is 6.28. The molecule has 0 saturated carbocycles. The Kier molecular flexibility index (Phi) is 4.58. The van der Waals surface area contributed by atoms with Crippen LogP contribution in [0, 0.1) is 5.92 Å². The quantitative estimate of drug-likeness (QED) is 0.686. The minimum Gasteiger partial charge on any atom is -0.489 e. The van der Waals surface area contributed by atoms with Crippen LogP contribution in [-0.4, -0.2) is 19.3 Å². The molecule has 3 nitrogen and oxygen atoms in total. The van der Waals surface area contributed by atoms with Gasteiger partial charge in [-0.2, -0.15) is 0 Å². The molecule has 4 unspecified atom stereocenters. The van der Waals surface area contributed by atoms with Gasteiger partial charge in [-0.3, -0.25) is 0 Å². The van der Waals surface area contributed by atoms with Crippen molar-refractivity contribution >= 4 is 17.3 Å². The molecule has 0 amide bonds. The summed E-state index contributed by atoms with van der Waals surface area (Å²) in [5.41, 5.74) is 3.69. The van der Waals surface area contributed by atoms with Gasteiger partial charge in [0.25, 0.3) is 0 Å². The van der Waals surface area contributed by atoms with Gasteiger partial charge in [-0.25, -0.2) is 0 Å². The Morgan fingerprint density at radius 2 is 2.11 bits per heavy atom. The average molecular weight is 382 g/mol. The van der Waals surface area contributed by atoms with Gasteiger partial charge in [0.2, 0.25) is 0 Å². The van der Waals surface area contributed by atoms with E-state index in [0.717, 1.165) is 42.3 Å². The summed E-state index contributed by atoms with van der Waals surface area (Å²) in [5, 5.41) is 4.57. The summed E-state index contributed by atoms with van der Waals surface area (Å²) in [6.45, 7) is 1.47. The van der Waals surface area contributed by atoms with Gasteiger partial charge in [0.1, 0.15) is 12.4 Å². The topological polar surface area (TPSA) is 30.5 Å². The normalized spacial score (nSPS) is 28.5. The molecule has 2 aliphatic heterocycles. The van der Waals surface area contributed by atoms with Crippen molar-refractivity contribution in [2.45, 2.75) is 37.3 Å². The molecule has 2 heterocycles. The van der Waals surface area contributed by atoms with Crippen LogP contribution in [-0.2, 0) is 4.74 Å². The lowest BCUT2D eigenvalue weighted by Gasteiger charge is -2.38. The largest absolute Gasteiger partial charge is 0.489 e. The Morgan fingerprint density at radius 3 is 2.96 bits per heavy atom. The molecule has 1 saturated heterocycles. The van der Waals surface area contributed by atoms with Crippen molar-refractivity contribution in [3.05, 3.63) is 70.8 Å². The van der Waals surface area contributed by atoms with E-state index in [1.54, 1.807) is 0 Å². The summed E-state index contributed by atoms with van der Waals surface area (Å²) >= 11 is 6.28. The van der Waals surface area contributed by atoms with Crippen molar-refractivity contribution in [1.82, 2.24) is 0 Å². The molecule has 2 aromatic rings. The van der Waals surface area contributed by atoms with Gasteiger partial charge in [0.15, 0.2) is 0 Å². The van der Waals surface area contributed by atoms with Gasteiger partial charge in [0, 0.05) is 17.5 Å². The van der Waals surface area contributed by atoms with Crippen molar-refractivity contribution in [2.24, 2.45) is 5.92 Å². The molecule has 27 heavy (non-hydrogen) atoms. The molecule has 140 valence electrons. The number of anilines is 1. The van der Waals surface area contributed by atoms with Crippen LogP contribution in [0.25, 0.3) is 0 Å². The highest BCUT2D eigenvalue weighted by Gasteiger charge is 2.39. The second-order valence-corrected chi connectivity index (χ2v) is 8.13. The number of para-hydroxylation sites is 1. The smallest absolute Gasteiger partial charge is 0.142 e. The van der Waals surface area contributed by atoms with E-state index in [1.807, 2.05) is 12.1 Å². The number of fused-ring (bicyclic) bond motifs is 3. The number of halogens is 1. The molecule has 1 aliphatic carbocycles. The second-order valence-electron chi connectivity index (χ2n) is 7.70. The second kappa shape index (κ2) is 7.21. The standard InChI is InChI=1S/C23H24ClNO2/c24-16-6-1-5-15(13-16)22-19-9-2-8-18(19)20-10-3-11-21(23(20)25-22)27-14-17-7-4-12-26-17/h1-3,5-6,8,10-11,13,17-19,22,25H,4,7,9,12,14H2. The lowest BCUT2D eigenvalue weighted by atomic mass is 9.77. The van der Waals surface area contributed by atoms with Crippen molar-refractivity contribution in [1.29, 1.82) is 0 Å². The molecule has 2 aromatic carbocycles. The lowest BCUT2D eigenvalue weighted by molar-refractivity contribution is 0.0681. The highest BCUT2D eigenvalue weighted by molar-refractivity contribution is 6.30. The first-order valence-electron chi connectivity index (χ1n) is 9.85. The molecule has 3 aliphatic rings. The van der Waals surface area contributed by atoms with Crippen LogP contribution in [0.2, 0.25) is 5.02 Å². The molecule has 0 bridgehead atoms. The number of hydrogen-bond donors (Lipinski definition) is 1. The molecule has 4 heteroatoms. The molecular weight excluding hydrogens is 358 g/mol. The summed E-state index contributed by atoms with van der Waals surface area (Å²) in [7, 11) is 0. The summed E-state index contributed by atoms with van der Waals surface area (Å²) < 4.78 is 11.9. The lowest BCUT2D eigenvalue weighted by Crippen LogP contribution is -2.29. The Bertz CT molecular complexity index is 859. The molecule has 4 atom stereocenters. The summed E-state index contributed by atoms with van der Waals surface area (Å²) in [6, 6.07) is 14.8. The molecular formula is C23H24ClNO2. The average Bonchev–Trinajstić information content (AvgIpc) is 3.37. The minimum absolute atomic E-state index is 0.215. The van der Waals surface area contributed by atoms with Crippen LogP contribution in [0.3, 0.4) is 0 Å². The van der Waals surface area contributed by atoms with E-state index in [1.165, 1.54) is 11.1 Å². The van der Waals surface area contributed by atoms with Crippen molar-refractivity contribution < 1.29 is 9.47 Å². The van der Waals surface area contributed by atoms with Gasteiger partial charge in [-0.05, 0) is 54.5 Å². The number of rotatable bonds is 4. The molecule has 1 fully saturated rings. The molecule has 1 N–H and O–H groups in total. The molecule has 5 rings (SSSR count). The predicted octanol–water partition coefficient (Wildman–Crippen LogP) is 5.72. The van der Waals surface area contributed by atoms with Gasteiger partial charge in [0.05, 0.1) is 17.8 Å². The van der Waals surface area contributed by atoms with E-state index in [0.29, 0.717) is 18.4 Å². The summed E-state index contributed by atoms with van der Waals surface area (Å²) in [5.74, 6) is 1.84. The van der Waals surface area contributed by atoms with Crippen LogP contribution in [0.1, 0.15) is 42.3 Å². The zero-order valence-electron chi connectivity index (χ0n) is 15.2. The maximum Gasteiger partial charge on any atom is 0.142 e.